The predicted molar refractivity (Wildman–Crippen MR) is 78.1 cm³/mol. The van der Waals surface area contributed by atoms with Gasteiger partial charge in [-0.1, -0.05) is 6.92 Å². The number of rotatable bonds is 3. The minimum atomic E-state index is -1.07. The molecule has 0 unspecified atom stereocenters. The first-order valence-corrected chi connectivity index (χ1v) is 7.61. The Balaban J connectivity index is 2.01. The standard InChI is InChI=1S/C14H18N2O4S/c1-7-3-4-10-9(5-7)6-11(21-10)13(18)20-8(2)12(17)16-14(15)19/h6-8H,3-5H2,1-2H3,(H3,15,16,17,19)/t7-,8+/m1/s1. The molecule has 0 saturated carbocycles. The summed E-state index contributed by atoms with van der Waals surface area (Å²) in [6.45, 7) is 3.58. The van der Waals surface area contributed by atoms with Crippen molar-refractivity contribution in [3.63, 3.8) is 0 Å². The number of urea groups is 1. The molecule has 21 heavy (non-hydrogen) atoms. The summed E-state index contributed by atoms with van der Waals surface area (Å²) in [5.74, 6) is -0.656. The number of primary amides is 1. The zero-order valence-corrected chi connectivity index (χ0v) is 12.8. The van der Waals surface area contributed by atoms with Gasteiger partial charge in [0, 0.05) is 4.88 Å². The maximum absolute atomic E-state index is 12.0. The maximum Gasteiger partial charge on any atom is 0.349 e. The van der Waals surface area contributed by atoms with Gasteiger partial charge in [-0.25, -0.2) is 9.59 Å². The Kier molecular flexibility index (Phi) is 4.62. The fraction of sp³-hybridized carbons (Fsp3) is 0.500. The highest BCUT2D eigenvalue weighted by molar-refractivity contribution is 7.14. The number of nitrogens with two attached hydrogens (primary N) is 1. The van der Waals surface area contributed by atoms with Crippen LogP contribution in [-0.4, -0.2) is 24.0 Å². The second-order valence-corrected chi connectivity index (χ2v) is 6.44. The van der Waals surface area contributed by atoms with Gasteiger partial charge in [-0.15, -0.1) is 11.3 Å². The fourth-order valence-electron chi connectivity index (χ4n) is 2.30. The number of aryl methyl sites for hydroxylation is 1. The molecule has 0 aromatic carbocycles. The van der Waals surface area contributed by atoms with E-state index in [1.165, 1.54) is 28.7 Å². The third-order valence-electron chi connectivity index (χ3n) is 3.43. The number of esters is 1. The highest BCUT2D eigenvalue weighted by atomic mass is 32.1. The first-order valence-electron chi connectivity index (χ1n) is 6.79. The number of amides is 3. The molecule has 3 N–H and O–H groups in total. The minimum Gasteiger partial charge on any atom is -0.448 e. The van der Waals surface area contributed by atoms with Crippen molar-refractivity contribution < 1.29 is 19.1 Å². The van der Waals surface area contributed by atoms with Crippen LogP contribution in [0.15, 0.2) is 6.07 Å². The van der Waals surface area contributed by atoms with E-state index in [1.54, 1.807) is 0 Å². The molecule has 1 heterocycles. The van der Waals surface area contributed by atoms with Gasteiger partial charge in [0.25, 0.3) is 5.91 Å². The molecule has 0 saturated heterocycles. The van der Waals surface area contributed by atoms with Gasteiger partial charge < -0.3 is 10.5 Å². The second kappa shape index (κ2) is 6.26. The summed E-state index contributed by atoms with van der Waals surface area (Å²) in [6, 6.07) is 0.875. The summed E-state index contributed by atoms with van der Waals surface area (Å²) in [5.41, 5.74) is 6.04. The molecule has 6 nitrogen and oxygen atoms in total. The van der Waals surface area contributed by atoms with Crippen molar-refractivity contribution in [2.24, 2.45) is 11.7 Å². The molecule has 1 aliphatic rings. The van der Waals surface area contributed by atoms with E-state index in [9.17, 15) is 14.4 Å². The lowest BCUT2D eigenvalue weighted by molar-refractivity contribution is -0.127. The smallest absolute Gasteiger partial charge is 0.349 e. The van der Waals surface area contributed by atoms with Crippen LogP contribution in [0.25, 0.3) is 0 Å². The SMILES string of the molecule is C[C@@H]1CCc2sc(C(=O)O[C@@H](C)C(=O)NC(N)=O)cc2C1. The van der Waals surface area contributed by atoms with Crippen molar-refractivity contribution in [3.05, 3.63) is 21.4 Å². The molecule has 0 radical (unpaired) electrons. The van der Waals surface area contributed by atoms with Crippen molar-refractivity contribution in [2.75, 3.05) is 0 Å². The van der Waals surface area contributed by atoms with E-state index in [0.29, 0.717) is 10.8 Å². The molecular formula is C14H18N2O4S. The quantitative estimate of drug-likeness (QED) is 0.829. The molecule has 3 amide bonds. The number of ether oxygens (including phenoxy) is 1. The minimum absolute atomic E-state index is 0.493. The van der Waals surface area contributed by atoms with Crippen molar-refractivity contribution in [3.8, 4) is 0 Å². The normalized spacial score (nSPS) is 18.5. The Morgan fingerprint density at radius 3 is 2.86 bits per heavy atom. The van der Waals surface area contributed by atoms with Gasteiger partial charge in [-0.05, 0) is 43.7 Å². The molecule has 2 atom stereocenters. The van der Waals surface area contributed by atoms with E-state index in [2.05, 4.69) is 6.92 Å². The second-order valence-electron chi connectivity index (χ2n) is 5.31. The van der Waals surface area contributed by atoms with E-state index in [-0.39, 0.29) is 0 Å². The van der Waals surface area contributed by atoms with Crippen LogP contribution in [0.2, 0.25) is 0 Å². The molecule has 1 aliphatic carbocycles. The summed E-state index contributed by atoms with van der Waals surface area (Å²) in [6.07, 6.45) is 2.01. The summed E-state index contributed by atoms with van der Waals surface area (Å²) in [4.78, 5) is 35.8. The van der Waals surface area contributed by atoms with Gasteiger partial charge in [-0.2, -0.15) is 0 Å². The zero-order chi connectivity index (χ0) is 15.6. The van der Waals surface area contributed by atoms with Crippen LogP contribution in [-0.2, 0) is 22.4 Å². The summed E-state index contributed by atoms with van der Waals surface area (Å²) in [7, 11) is 0. The van der Waals surface area contributed by atoms with Crippen LogP contribution in [0, 0.1) is 5.92 Å². The lowest BCUT2D eigenvalue weighted by Gasteiger charge is -2.16. The van der Waals surface area contributed by atoms with Gasteiger partial charge >= 0.3 is 12.0 Å². The first-order chi connectivity index (χ1) is 9.86. The van der Waals surface area contributed by atoms with Crippen molar-refractivity contribution in [2.45, 2.75) is 39.2 Å². The van der Waals surface area contributed by atoms with Crippen LogP contribution in [0.5, 0.6) is 0 Å². The average molecular weight is 310 g/mol. The highest BCUT2D eigenvalue weighted by Gasteiger charge is 2.24. The van der Waals surface area contributed by atoms with Gasteiger partial charge in [0.2, 0.25) is 0 Å². The monoisotopic (exact) mass is 310 g/mol. The van der Waals surface area contributed by atoms with Crippen LogP contribution in [0.1, 0.15) is 40.4 Å². The molecule has 1 aromatic rings. The largest absolute Gasteiger partial charge is 0.448 e. The van der Waals surface area contributed by atoms with E-state index < -0.39 is 24.0 Å². The van der Waals surface area contributed by atoms with Crippen LogP contribution in [0.3, 0.4) is 0 Å². The Bertz CT molecular complexity index is 582. The van der Waals surface area contributed by atoms with E-state index >= 15 is 0 Å². The number of hydrogen-bond donors (Lipinski definition) is 2. The molecule has 0 bridgehead atoms. The Morgan fingerprint density at radius 2 is 2.19 bits per heavy atom. The number of carbonyl (C=O) groups is 3. The van der Waals surface area contributed by atoms with E-state index in [1.807, 2.05) is 11.4 Å². The van der Waals surface area contributed by atoms with Gasteiger partial charge in [0.15, 0.2) is 6.10 Å². The predicted octanol–water partition coefficient (Wildman–Crippen LogP) is 1.61. The van der Waals surface area contributed by atoms with Crippen LogP contribution >= 0.6 is 11.3 Å². The lowest BCUT2D eigenvalue weighted by Crippen LogP contribution is -2.42. The topological polar surface area (TPSA) is 98.5 Å². The number of carbonyl (C=O) groups excluding carboxylic acids is 3. The summed E-state index contributed by atoms with van der Waals surface area (Å²) < 4.78 is 5.06. The molecular weight excluding hydrogens is 292 g/mol. The molecule has 1 aromatic heterocycles. The number of hydrogen-bond acceptors (Lipinski definition) is 5. The molecule has 0 aliphatic heterocycles. The van der Waals surface area contributed by atoms with E-state index in [0.717, 1.165) is 19.3 Å². The average Bonchev–Trinajstić information content (AvgIpc) is 2.80. The molecule has 7 heteroatoms. The van der Waals surface area contributed by atoms with Crippen molar-refractivity contribution >= 4 is 29.2 Å². The number of thiophene rings is 1. The van der Waals surface area contributed by atoms with Gasteiger partial charge in [0.1, 0.15) is 4.88 Å². The first kappa shape index (κ1) is 15.5. The van der Waals surface area contributed by atoms with Crippen LogP contribution in [0.4, 0.5) is 4.79 Å². The number of imide groups is 1. The summed E-state index contributed by atoms with van der Waals surface area (Å²) in [5, 5.41) is 1.88. The molecule has 2 rings (SSSR count). The lowest BCUT2D eigenvalue weighted by atomic mass is 9.90. The number of nitrogens with one attached hydrogen (secondary N) is 1. The third kappa shape index (κ3) is 3.81. The third-order valence-corrected chi connectivity index (χ3v) is 4.65. The zero-order valence-electron chi connectivity index (χ0n) is 12.0. The van der Waals surface area contributed by atoms with E-state index in [4.69, 9.17) is 10.5 Å². The summed E-state index contributed by atoms with van der Waals surface area (Å²) >= 11 is 1.42. The molecule has 114 valence electrons. The maximum atomic E-state index is 12.0. The Hall–Kier alpha value is -1.89. The fourth-order valence-corrected chi connectivity index (χ4v) is 3.39. The molecule has 0 fully saturated rings. The van der Waals surface area contributed by atoms with Gasteiger partial charge in [-0.3, -0.25) is 10.1 Å². The number of fused-ring (bicyclic) bond motifs is 1. The Labute approximate surface area is 126 Å². The van der Waals surface area contributed by atoms with Crippen LogP contribution < -0.4 is 11.1 Å². The van der Waals surface area contributed by atoms with Crippen molar-refractivity contribution in [1.82, 2.24) is 5.32 Å². The molecule has 0 spiro atoms. The van der Waals surface area contributed by atoms with Gasteiger partial charge in [0.05, 0.1) is 0 Å². The highest BCUT2D eigenvalue weighted by Crippen LogP contribution is 2.32. The Morgan fingerprint density at radius 1 is 1.48 bits per heavy atom. The van der Waals surface area contributed by atoms with Crippen molar-refractivity contribution in [1.29, 1.82) is 0 Å².